The van der Waals surface area contributed by atoms with Crippen molar-refractivity contribution >= 4 is 34.2 Å². The highest BCUT2D eigenvalue weighted by atomic mass is 35.5. The molecular weight excluding hydrogens is 422 g/mol. The smallest absolute Gasteiger partial charge is 0.262 e. The van der Waals surface area contributed by atoms with Gasteiger partial charge in [-0.05, 0) is 61.5 Å². The molecule has 0 spiro atoms. The van der Waals surface area contributed by atoms with E-state index in [0.717, 1.165) is 0 Å². The fourth-order valence-electron chi connectivity index (χ4n) is 2.99. The van der Waals surface area contributed by atoms with E-state index in [1.807, 2.05) is 6.92 Å². The van der Waals surface area contributed by atoms with Crippen LogP contribution in [0, 0.1) is 0 Å². The predicted octanol–water partition coefficient (Wildman–Crippen LogP) is 5.12. The summed E-state index contributed by atoms with van der Waals surface area (Å²) in [5.74, 6) is 0.522. The number of furan rings is 1. The molecule has 31 heavy (non-hydrogen) atoms. The minimum atomic E-state index is -0.455. The lowest BCUT2D eigenvalue weighted by Gasteiger charge is -2.11. The van der Waals surface area contributed by atoms with Crippen LogP contribution in [-0.4, -0.2) is 19.1 Å². The minimum Gasteiger partial charge on any atom is -0.494 e. The molecule has 0 aliphatic carbocycles. The second kappa shape index (κ2) is 8.97. The first kappa shape index (κ1) is 20.6. The van der Waals surface area contributed by atoms with E-state index < -0.39 is 17.9 Å². The number of ether oxygens (including phenoxy) is 2. The number of nitrogens with one attached hydrogen (secondary N) is 1. The molecule has 4 rings (SSSR count). The van der Waals surface area contributed by atoms with Gasteiger partial charge in [-0.25, -0.2) is 0 Å². The quantitative estimate of drug-likeness (QED) is 0.429. The van der Waals surface area contributed by atoms with Crippen LogP contribution in [0.5, 0.6) is 11.5 Å². The Morgan fingerprint density at radius 3 is 2.61 bits per heavy atom. The Labute approximate surface area is 182 Å². The van der Waals surface area contributed by atoms with E-state index in [1.54, 1.807) is 48.5 Å². The third-order valence-corrected chi connectivity index (χ3v) is 4.59. The van der Waals surface area contributed by atoms with Gasteiger partial charge >= 0.3 is 0 Å². The highest BCUT2D eigenvalue weighted by Gasteiger charge is 2.21. The molecule has 0 bridgehead atoms. The van der Waals surface area contributed by atoms with Gasteiger partial charge in [0, 0.05) is 10.7 Å². The Balaban J connectivity index is 1.58. The Bertz CT molecular complexity index is 1260. The van der Waals surface area contributed by atoms with Crippen molar-refractivity contribution in [3.63, 3.8) is 0 Å². The molecule has 0 aliphatic rings. The van der Waals surface area contributed by atoms with Crippen LogP contribution < -0.4 is 20.2 Å². The number of carbonyl (C=O) groups excluding carboxylic acids is 1. The summed E-state index contributed by atoms with van der Waals surface area (Å²) in [6.45, 7) is 2.04. The molecule has 0 unspecified atom stereocenters. The van der Waals surface area contributed by atoms with Crippen molar-refractivity contribution in [2.45, 2.75) is 6.92 Å². The van der Waals surface area contributed by atoms with Crippen LogP contribution in [0.3, 0.4) is 0 Å². The molecule has 2 heterocycles. The molecule has 0 saturated heterocycles. The van der Waals surface area contributed by atoms with Gasteiger partial charge in [0.1, 0.15) is 11.3 Å². The number of fused-ring (bicyclic) bond motifs is 1. The van der Waals surface area contributed by atoms with Crippen molar-refractivity contribution in [1.82, 2.24) is 0 Å². The first-order chi connectivity index (χ1) is 15.0. The van der Waals surface area contributed by atoms with Gasteiger partial charge in [-0.15, -0.1) is 0 Å². The number of hydrogen-bond donors (Lipinski definition) is 1. The van der Waals surface area contributed by atoms with E-state index in [1.165, 1.54) is 12.3 Å². The molecule has 1 amide bonds. The lowest BCUT2D eigenvalue weighted by Crippen LogP contribution is -2.22. The van der Waals surface area contributed by atoms with E-state index in [2.05, 4.69) is 5.32 Å². The zero-order chi connectivity index (χ0) is 21.8. The van der Waals surface area contributed by atoms with Crippen LogP contribution in [0.2, 0.25) is 5.02 Å². The third kappa shape index (κ3) is 4.57. The third-order valence-electron chi connectivity index (χ3n) is 4.35. The minimum absolute atomic E-state index is 0.0960. The monoisotopic (exact) mass is 439 g/mol. The molecular formula is C23H18ClNO6. The van der Waals surface area contributed by atoms with Gasteiger partial charge in [-0.1, -0.05) is 11.6 Å². The molecule has 1 N–H and O–H groups in total. The number of carbonyl (C=O) groups is 1. The maximum absolute atomic E-state index is 13.0. The van der Waals surface area contributed by atoms with Crippen molar-refractivity contribution in [1.29, 1.82) is 0 Å². The standard InChI is InChI=1S/C23H18ClNO6/c1-2-28-16-8-6-15(7-9-16)25-20(26)13-30-23-21(27)17-12-14(24)5-10-18(17)31-22(23)19-4-3-11-29-19/h3-12H,2,13H2,1H3,(H,25,26). The summed E-state index contributed by atoms with van der Waals surface area (Å²) < 4.78 is 22.2. The van der Waals surface area contributed by atoms with Crippen LogP contribution in [0.1, 0.15) is 6.92 Å². The molecule has 0 aliphatic heterocycles. The summed E-state index contributed by atoms with van der Waals surface area (Å²) >= 11 is 6.02. The van der Waals surface area contributed by atoms with E-state index in [-0.39, 0.29) is 16.9 Å². The maximum atomic E-state index is 13.0. The molecule has 158 valence electrons. The van der Waals surface area contributed by atoms with Gasteiger partial charge in [-0.2, -0.15) is 0 Å². The summed E-state index contributed by atoms with van der Waals surface area (Å²) in [7, 11) is 0. The van der Waals surface area contributed by atoms with Crippen LogP contribution in [0.25, 0.3) is 22.5 Å². The molecule has 2 aromatic heterocycles. The molecule has 0 saturated carbocycles. The fraction of sp³-hybridized carbons (Fsp3) is 0.130. The van der Waals surface area contributed by atoms with E-state index in [4.69, 9.17) is 29.9 Å². The van der Waals surface area contributed by atoms with Gasteiger partial charge in [-0.3, -0.25) is 9.59 Å². The number of hydrogen-bond acceptors (Lipinski definition) is 6. The summed E-state index contributed by atoms with van der Waals surface area (Å²) in [5, 5.41) is 3.32. The molecule has 0 fully saturated rings. The average molecular weight is 440 g/mol. The summed E-state index contributed by atoms with van der Waals surface area (Å²) in [6.07, 6.45) is 1.45. The van der Waals surface area contributed by atoms with E-state index in [9.17, 15) is 9.59 Å². The number of amides is 1. The van der Waals surface area contributed by atoms with Crippen LogP contribution in [0.15, 0.2) is 74.5 Å². The first-order valence-corrected chi connectivity index (χ1v) is 9.88. The van der Waals surface area contributed by atoms with E-state index >= 15 is 0 Å². The lowest BCUT2D eigenvalue weighted by atomic mass is 10.2. The Hall–Kier alpha value is -3.71. The lowest BCUT2D eigenvalue weighted by molar-refractivity contribution is -0.118. The van der Waals surface area contributed by atoms with E-state index in [0.29, 0.717) is 34.4 Å². The maximum Gasteiger partial charge on any atom is 0.262 e. The number of rotatable bonds is 7. The zero-order valence-corrected chi connectivity index (χ0v) is 17.3. The Morgan fingerprint density at radius 1 is 1.10 bits per heavy atom. The fourth-order valence-corrected chi connectivity index (χ4v) is 3.16. The SMILES string of the molecule is CCOc1ccc(NC(=O)COc2c(-c3ccco3)oc3ccc(Cl)cc3c2=O)cc1. The summed E-state index contributed by atoms with van der Waals surface area (Å²) in [6, 6.07) is 14.9. The second-order valence-corrected chi connectivity index (χ2v) is 6.94. The van der Waals surface area contributed by atoms with Crippen molar-refractivity contribution in [3.05, 3.63) is 76.1 Å². The molecule has 2 aromatic carbocycles. The Morgan fingerprint density at radius 2 is 1.90 bits per heavy atom. The van der Waals surface area contributed by atoms with Gasteiger partial charge < -0.3 is 23.6 Å². The van der Waals surface area contributed by atoms with Gasteiger partial charge in [0.05, 0.1) is 18.3 Å². The van der Waals surface area contributed by atoms with Crippen molar-refractivity contribution < 1.29 is 23.1 Å². The average Bonchev–Trinajstić information content (AvgIpc) is 3.30. The molecule has 4 aromatic rings. The van der Waals surface area contributed by atoms with Gasteiger partial charge in [0.25, 0.3) is 5.91 Å². The van der Waals surface area contributed by atoms with Crippen LogP contribution >= 0.6 is 11.6 Å². The van der Waals surface area contributed by atoms with Crippen LogP contribution in [-0.2, 0) is 4.79 Å². The summed E-state index contributed by atoms with van der Waals surface area (Å²) in [4.78, 5) is 25.4. The largest absolute Gasteiger partial charge is 0.494 e. The Kier molecular flexibility index (Phi) is 5.95. The topological polar surface area (TPSA) is 90.9 Å². The second-order valence-electron chi connectivity index (χ2n) is 6.50. The molecule has 0 radical (unpaired) electrons. The van der Waals surface area contributed by atoms with Crippen molar-refractivity contribution in [2.24, 2.45) is 0 Å². The molecule has 0 atom stereocenters. The zero-order valence-electron chi connectivity index (χ0n) is 16.5. The number of halogens is 1. The highest BCUT2D eigenvalue weighted by molar-refractivity contribution is 6.31. The van der Waals surface area contributed by atoms with Gasteiger partial charge in [0.15, 0.2) is 12.4 Å². The number of anilines is 1. The normalized spacial score (nSPS) is 10.8. The first-order valence-electron chi connectivity index (χ1n) is 9.51. The highest BCUT2D eigenvalue weighted by Crippen LogP contribution is 2.32. The van der Waals surface area contributed by atoms with Crippen LogP contribution in [0.4, 0.5) is 5.69 Å². The van der Waals surface area contributed by atoms with Crippen molar-refractivity contribution in [3.8, 4) is 23.0 Å². The predicted molar refractivity (Wildman–Crippen MR) is 117 cm³/mol. The molecule has 7 nitrogen and oxygen atoms in total. The number of benzene rings is 2. The van der Waals surface area contributed by atoms with Gasteiger partial charge in [0.2, 0.25) is 16.9 Å². The molecule has 8 heteroatoms. The van der Waals surface area contributed by atoms with Crippen molar-refractivity contribution in [2.75, 3.05) is 18.5 Å². The summed E-state index contributed by atoms with van der Waals surface area (Å²) in [5.41, 5.74) is 0.441.